The van der Waals surface area contributed by atoms with Gasteiger partial charge in [0.1, 0.15) is 0 Å². The minimum Gasteiger partial charge on any atom is -0.196 e. The van der Waals surface area contributed by atoms with Gasteiger partial charge in [0.15, 0.2) is 0 Å². The van der Waals surface area contributed by atoms with Crippen LogP contribution in [0.3, 0.4) is 0 Å². The van der Waals surface area contributed by atoms with E-state index in [1.165, 1.54) is 56.1 Å². The first-order valence-electron chi connectivity index (χ1n) is 11.2. The molecule has 0 saturated carbocycles. The molecule has 0 aliphatic rings. The number of aryl methyl sites for hydroxylation is 3. The second kappa shape index (κ2) is 12.5. The number of rotatable bonds is 3. The third-order valence-electron chi connectivity index (χ3n) is 5.69. The summed E-state index contributed by atoms with van der Waals surface area (Å²) in [6.45, 7) is 15.5. The molecule has 4 aromatic carbocycles. The molecule has 160 valence electrons. The predicted molar refractivity (Wildman–Crippen MR) is 137 cm³/mol. The summed E-state index contributed by atoms with van der Waals surface area (Å²) in [6, 6.07) is 24.1. The average Bonchev–Trinajstić information content (AvgIpc) is 3.26. The quantitative estimate of drug-likeness (QED) is 0.194. The summed E-state index contributed by atoms with van der Waals surface area (Å²) in [4.78, 5) is 0. The summed E-state index contributed by atoms with van der Waals surface area (Å²) in [5.41, 5.74) is 10.2. The molecule has 4 rings (SSSR count). The molecule has 0 heterocycles. The van der Waals surface area contributed by atoms with Gasteiger partial charge in [0.25, 0.3) is 0 Å². The van der Waals surface area contributed by atoms with Crippen LogP contribution in [0.15, 0.2) is 66.7 Å². The van der Waals surface area contributed by atoms with Crippen molar-refractivity contribution in [1.29, 1.82) is 0 Å². The number of hydrogen-bond acceptors (Lipinski definition) is 0. The Morgan fingerprint density at radius 2 is 1.35 bits per heavy atom. The fourth-order valence-electron chi connectivity index (χ4n) is 3.79. The molecule has 0 aliphatic carbocycles. The second-order valence-corrected chi connectivity index (χ2v) is 17.9. The van der Waals surface area contributed by atoms with E-state index in [9.17, 15) is 0 Å². The Bertz CT molecular complexity index is 1100. The topological polar surface area (TPSA) is 0 Å². The third-order valence-corrected chi connectivity index (χ3v) is 5.69. The molecule has 0 amide bonds. The van der Waals surface area contributed by atoms with Crippen LogP contribution in [-0.2, 0) is 29.8 Å². The summed E-state index contributed by atoms with van der Waals surface area (Å²) in [5.74, 6) is 0. The molecule has 0 nitrogen and oxygen atoms in total. The van der Waals surface area contributed by atoms with E-state index in [1.54, 1.807) is 23.3 Å². The van der Waals surface area contributed by atoms with Gasteiger partial charge in [-0.2, -0.15) is 28.3 Å². The van der Waals surface area contributed by atoms with Crippen LogP contribution in [-0.4, -0.2) is 5.43 Å². The zero-order chi connectivity index (χ0) is 23.0. The van der Waals surface area contributed by atoms with E-state index in [-0.39, 0.29) is 5.43 Å². The minimum atomic E-state index is 0.210. The molecule has 0 aliphatic heterocycles. The van der Waals surface area contributed by atoms with Crippen LogP contribution >= 0.6 is 0 Å². The van der Waals surface area contributed by atoms with E-state index in [1.807, 2.05) is 0 Å². The van der Waals surface area contributed by atoms with Gasteiger partial charge < -0.3 is 0 Å². The molecule has 0 atom stereocenters. The SMILES string of the molecule is CCCc1ccccc1-c1c[cH-]c2ccccc12.C[Si](C)=[Zr+2].Cc1[cH-]c(C)c(C)c1C. The van der Waals surface area contributed by atoms with E-state index in [2.05, 4.69) is 114 Å². The first kappa shape index (κ1) is 25.8. The van der Waals surface area contributed by atoms with Gasteiger partial charge in [-0.15, -0.1) is 46.7 Å². The van der Waals surface area contributed by atoms with Crippen molar-refractivity contribution in [3.63, 3.8) is 0 Å². The second-order valence-electron chi connectivity index (χ2n) is 8.50. The molecular formula is C29H36SiZr. The average molecular weight is 504 g/mol. The van der Waals surface area contributed by atoms with Crippen molar-refractivity contribution in [2.75, 3.05) is 0 Å². The molecule has 0 radical (unpaired) electrons. The Kier molecular flexibility index (Phi) is 10.4. The zero-order valence-electron chi connectivity index (χ0n) is 20.3. The van der Waals surface area contributed by atoms with Gasteiger partial charge in [-0.05, 0) is 6.42 Å². The first-order chi connectivity index (χ1) is 14.8. The van der Waals surface area contributed by atoms with E-state index in [0.717, 1.165) is 6.42 Å². The summed E-state index contributed by atoms with van der Waals surface area (Å²) in [6.07, 6.45) is 2.34. The van der Waals surface area contributed by atoms with Crippen molar-refractivity contribution >= 4 is 16.2 Å². The maximum atomic E-state index is 2.31. The van der Waals surface area contributed by atoms with Crippen LogP contribution in [0.1, 0.15) is 41.2 Å². The van der Waals surface area contributed by atoms with Gasteiger partial charge in [-0.25, -0.2) is 0 Å². The smallest absolute Gasteiger partial charge is 0.0632 e. The van der Waals surface area contributed by atoms with Gasteiger partial charge >= 0.3 is 41.9 Å². The number of fused-ring (bicyclic) bond motifs is 1. The molecule has 0 saturated heterocycles. The van der Waals surface area contributed by atoms with E-state index in [4.69, 9.17) is 0 Å². The minimum absolute atomic E-state index is 0.210. The Morgan fingerprint density at radius 3 is 1.90 bits per heavy atom. The zero-order valence-corrected chi connectivity index (χ0v) is 23.7. The van der Waals surface area contributed by atoms with Gasteiger partial charge in [-0.1, -0.05) is 82.5 Å². The summed E-state index contributed by atoms with van der Waals surface area (Å²) in [5, 5.41) is 2.69. The molecule has 0 spiro atoms. The Morgan fingerprint density at radius 1 is 0.806 bits per heavy atom. The standard InChI is InChI=1S/C18H17.C9H13.C2H6Si.Zr/c1-2-7-14-8-3-5-10-16(14)18-13-12-15-9-4-6-11-17(15)18;1-6-5-7(2)9(4)8(6)3;1-3-2;/h3-6,8-13H,2,7H2,1H3;5H,1-4H3;1-2H3;/q2*-1;;+2. The number of benzene rings is 2. The summed E-state index contributed by atoms with van der Waals surface area (Å²) >= 11 is 1.74. The molecule has 0 N–H and O–H groups in total. The van der Waals surface area contributed by atoms with Gasteiger partial charge in [0, 0.05) is 0 Å². The fourth-order valence-corrected chi connectivity index (χ4v) is 3.79. The van der Waals surface area contributed by atoms with Crippen molar-refractivity contribution in [3.8, 4) is 11.1 Å². The molecule has 0 fully saturated rings. The van der Waals surface area contributed by atoms with E-state index < -0.39 is 0 Å². The van der Waals surface area contributed by atoms with Crippen molar-refractivity contribution < 1.29 is 23.3 Å². The molecule has 0 unspecified atom stereocenters. The molecule has 0 aromatic heterocycles. The predicted octanol–water partition coefficient (Wildman–Crippen LogP) is 8.60. The van der Waals surface area contributed by atoms with Gasteiger partial charge in [-0.3, -0.25) is 0 Å². The molecule has 31 heavy (non-hydrogen) atoms. The van der Waals surface area contributed by atoms with Crippen molar-refractivity contribution in [2.24, 2.45) is 0 Å². The Labute approximate surface area is 204 Å². The first-order valence-corrected chi connectivity index (χ1v) is 17.4. The summed E-state index contributed by atoms with van der Waals surface area (Å²) < 4.78 is 0. The Balaban J connectivity index is 0.000000220. The maximum absolute atomic E-state index is 2.31. The normalized spacial score (nSPS) is 10.2. The van der Waals surface area contributed by atoms with Crippen LogP contribution in [0.2, 0.25) is 13.1 Å². The maximum Gasteiger partial charge on any atom is -0.0632 e. The van der Waals surface area contributed by atoms with Crippen molar-refractivity contribution in [3.05, 3.63) is 94.5 Å². The number of hydrogen-bond donors (Lipinski definition) is 0. The monoisotopic (exact) mass is 502 g/mol. The fraction of sp³-hybridized carbons (Fsp3) is 0.310. The van der Waals surface area contributed by atoms with Gasteiger partial charge in [0.2, 0.25) is 0 Å². The molecule has 4 aromatic rings. The van der Waals surface area contributed by atoms with Crippen LogP contribution in [0, 0.1) is 27.7 Å². The summed E-state index contributed by atoms with van der Waals surface area (Å²) in [7, 11) is 0. The largest absolute Gasteiger partial charge is 0.196 e. The van der Waals surface area contributed by atoms with E-state index in [0.29, 0.717) is 0 Å². The van der Waals surface area contributed by atoms with Crippen LogP contribution in [0.4, 0.5) is 0 Å². The Hall–Kier alpha value is -1.50. The van der Waals surface area contributed by atoms with Crippen LogP contribution in [0.5, 0.6) is 0 Å². The molecule has 2 heteroatoms. The van der Waals surface area contributed by atoms with Crippen LogP contribution in [0.25, 0.3) is 21.9 Å². The van der Waals surface area contributed by atoms with Crippen molar-refractivity contribution in [2.45, 2.75) is 60.6 Å². The van der Waals surface area contributed by atoms with Gasteiger partial charge in [0.05, 0.1) is 0 Å². The molecule has 0 bridgehead atoms. The molecular weight excluding hydrogens is 468 g/mol. The van der Waals surface area contributed by atoms with Crippen molar-refractivity contribution in [1.82, 2.24) is 0 Å². The third kappa shape index (κ3) is 7.26. The van der Waals surface area contributed by atoms with Crippen LogP contribution < -0.4 is 0 Å². The van der Waals surface area contributed by atoms with E-state index >= 15 is 0 Å².